The molecule has 0 saturated heterocycles. The first-order valence-electron chi connectivity index (χ1n) is 9.49. The average Bonchev–Trinajstić information content (AvgIpc) is 3.09. The minimum Gasteiger partial charge on any atom is -0.449 e. The zero-order valence-corrected chi connectivity index (χ0v) is 16.6. The summed E-state index contributed by atoms with van der Waals surface area (Å²) < 4.78 is 5.49. The Morgan fingerprint density at radius 1 is 0.966 bits per heavy atom. The number of alkyl halides is 1. The fraction of sp³-hybridized carbons (Fsp3) is 0.160. The van der Waals surface area contributed by atoms with Gasteiger partial charge >= 0.3 is 6.09 Å². The number of fused-ring (bicyclic) bond motifs is 3. The van der Waals surface area contributed by atoms with Gasteiger partial charge in [0.1, 0.15) is 6.61 Å². The van der Waals surface area contributed by atoms with Gasteiger partial charge in [-0.3, -0.25) is 0 Å². The molecule has 0 atom stereocenters. The molecule has 1 amide bonds. The lowest BCUT2D eigenvalue weighted by Gasteiger charge is -2.14. The molecule has 0 bridgehead atoms. The Labute approximate surface area is 175 Å². The van der Waals surface area contributed by atoms with Crippen LogP contribution in [-0.4, -0.2) is 19.2 Å². The maximum atomic E-state index is 12.1. The monoisotopic (exact) mass is 401 g/mol. The highest BCUT2D eigenvalue weighted by Gasteiger charge is 2.28. The number of halogens is 1. The van der Waals surface area contributed by atoms with Crippen molar-refractivity contribution in [2.24, 2.45) is 0 Å². The Balaban J connectivity index is 1.34. The van der Waals surface area contributed by atoms with E-state index >= 15 is 0 Å². The van der Waals surface area contributed by atoms with Crippen molar-refractivity contribution in [3.63, 3.8) is 0 Å². The Hall–Kier alpha value is -3.22. The number of hydrogen-bond acceptors (Lipinski definition) is 2. The van der Waals surface area contributed by atoms with Gasteiger partial charge < -0.3 is 10.1 Å². The van der Waals surface area contributed by atoms with Crippen LogP contribution in [-0.2, 0) is 10.6 Å². The van der Waals surface area contributed by atoms with Crippen molar-refractivity contribution in [2.45, 2.75) is 11.8 Å². The van der Waals surface area contributed by atoms with Gasteiger partial charge in [-0.1, -0.05) is 72.5 Å². The van der Waals surface area contributed by atoms with E-state index in [0.29, 0.717) is 12.5 Å². The summed E-state index contributed by atoms with van der Waals surface area (Å²) >= 11 is 5.83. The van der Waals surface area contributed by atoms with Gasteiger partial charge in [0.25, 0.3) is 0 Å². The van der Waals surface area contributed by atoms with Crippen molar-refractivity contribution < 1.29 is 9.53 Å². The Kier molecular flexibility index (Phi) is 5.84. The lowest BCUT2D eigenvalue weighted by Crippen LogP contribution is -2.26. The molecule has 0 aromatic heterocycles. The zero-order valence-electron chi connectivity index (χ0n) is 15.8. The highest BCUT2D eigenvalue weighted by atomic mass is 35.5. The molecule has 0 fully saturated rings. The molecule has 0 spiro atoms. The molecule has 4 rings (SSSR count). The molecule has 1 aliphatic rings. The van der Waals surface area contributed by atoms with Crippen LogP contribution < -0.4 is 5.32 Å². The highest BCUT2D eigenvalue weighted by Crippen LogP contribution is 2.44. The molecule has 1 aliphatic carbocycles. The number of nitrogens with one attached hydrogen (secondary N) is 1. The first-order chi connectivity index (χ1) is 14.3. The molecule has 144 valence electrons. The molecule has 1 N–H and O–H groups in total. The molecule has 4 heteroatoms. The van der Waals surface area contributed by atoms with E-state index in [0.717, 1.165) is 11.1 Å². The molecule has 0 heterocycles. The first kappa shape index (κ1) is 19.1. The van der Waals surface area contributed by atoms with Gasteiger partial charge in [0.15, 0.2) is 0 Å². The Morgan fingerprint density at radius 3 is 2.34 bits per heavy atom. The maximum Gasteiger partial charge on any atom is 0.407 e. The lowest BCUT2D eigenvalue weighted by molar-refractivity contribution is 0.144. The molecule has 3 aromatic rings. The van der Waals surface area contributed by atoms with Crippen LogP contribution >= 0.6 is 11.6 Å². The summed E-state index contributed by atoms with van der Waals surface area (Å²) in [5.74, 6) is 6.46. The van der Waals surface area contributed by atoms with Crippen LogP contribution in [0.2, 0.25) is 0 Å². The number of rotatable bonds is 4. The second kappa shape index (κ2) is 8.86. The van der Waals surface area contributed by atoms with E-state index < -0.39 is 6.09 Å². The van der Waals surface area contributed by atoms with Crippen molar-refractivity contribution >= 4 is 17.7 Å². The van der Waals surface area contributed by atoms with E-state index in [4.69, 9.17) is 16.3 Å². The largest absolute Gasteiger partial charge is 0.449 e. The lowest BCUT2D eigenvalue weighted by atomic mass is 9.98. The molecular weight excluding hydrogens is 382 g/mol. The van der Waals surface area contributed by atoms with Crippen molar-refractivity contribution in [3.05, 3.63) is 95.1 Å². The molecule has 0 saturated carbocycles. The minimum atomic E-state index is -0.462. The third-order valence-electron chi connectivity index (χ3n) is 4.98. The van der Waals surface area contributed by atoms with Crippen LogP contribution in [0.3, 0.4) is 0 Å². The quantitative estimate of drug-likeness (QED) is 0.475. The summed E-state index contributed by atoms with van der Waals surface area (Å²) in [4.78, 5) is 12.1. The van der Waals surface area contributed by atoms with Crippen LogP contribution in [0.1, 0.15) is 28.2 Å². The van der Waals surface area contributed by atoms with Gasteiger partial charge in [-0.05, 0) is 39.9 Å². The standard InChI is InChI=1S/C25H20ClNO2/c26-16-19-8-5-7-18(15-19)9-6-14-27-25(28)29-17-24-22-12-3-1-10-20(22)21-11-2-4-13-23(21)24/h1-5,7-8,10-13,15,24H,14,16-17H2,(H,27,28). The van der Waals surface area contributed by atoms with Crippen LogP contribution in [0.5, 0.6) is 0 Å². The summed E-state index contributed by atoms with van der Waals surface area (Å²) in [5, 5.41) is 2.69. The summed E-state index contributed by atoms with van der Waals surface area (Å²) in [6.07, 6.45) is -0.462. The van der Waals surface area contributed by atoms with Crippen molar-refractivity contribution in [1.82, 2.24) is 5.32 Å². The molecular formula is C25H20ClNO2. The fourth-order valence-corrected chi connectivity index (χ4v) is 3.81. The molecule has 29 heavy (non-hydrogen) atoms. The van der Waals surface area contributed by atoms with Gasteiger partial charge in [-0.15, -0.1) is 11.6 Å². The van der Waals surface area contributed by atoms with Crippen molar-refractivity contribution in [2.75, 3.05) is 13.2 Å². The Bertz CT molecular complexity index is 1050. The smallest absolute Gasteiger partial charge is 0.407 e. The van der Waals surface area contributed by atoms with E-state index in [1.165, 1.54) is 22.3 Å². The number of benzene rings is 3. The number of carbonyl (C=O) groups is 1. The van der Waals surface area contributed by atoms with E-state index in [1.54, 1.807) is 0 Å². The van der Waals surface area contributed by atoms with E-state index in [-0.39, 0.29) is 12.5 Å². The number of ether oxygens (including phenoxy) is 1. The maximum absolute atomic E-state index is 12.1. The fourth-order valence-electron chi connectivity index (χ4n) is 3.64. The average molecular weight is 402 g/mol. The molecule has 0 unspecified atom stereocenters. The summed E-state index contributed by atoms with van der Waals surface area (Å²) in [7, 11) is 0. The van der Waals surface area contributed by atoms with E-state index in [2.05, 4.69) is 41.4 Å². The topological polar surface area (TPSA) is 38.3 Å². The third kappa shape index (κ3) is 4.29. The molecule has 3 nitrogen and oxygen atoms in total. The summed E-state index contributed by atoms with van der Waals surface area (Å²) in [5.41, 5.74) is 6.70. The van der Waals surface area contributed by atoms with E-state index in [9.17, 15) is 4.79 Å². The van der Waals surface area contributed by atoms with Crippen LogP contribution in [0.25, 0.3) is 11.1 Å². The molecule has 0 aliphatic heterocycles. The predicted molar refractivity (Wildman–Crippen MR) is 116 cm³/mol. The Morgan fingerprint density at radius 2 is 1.66 bits per heavy atom. The van der Waals surface area contributed by atoms with Gasteiger partial charge in [-0.2, -0.15) is 0 Å². The second-order valence-corrected chi connectivity index (χ2v) is 7.08. The van der Waals surface area contributed by atoms with Gasteiger partial charge in [0.05, 0.1) is 6.54 Å². The summed E-state index contributed by atoms with van der Waals surface area (Å²) in [6, 6.07) is 24.3. The van der Waals surface area contributed by atoms with E-state index in [1.807, 2.05) is 48.5 Å². The number of carbonyl (C=O) groups excluding carboxylic acids is 1. The molecule has 3 aromatic carbocycles. The highest BCUT2D eigenvalue weighted by molar-refractivity contribution is 6.17. The van der Waals surface area contributed by atoms with Gasteiger partial charge in [0, 0.05) is 17.4 Å². The van der Waals surface area contributed by atoms with Crippen LogP contribution in [0.4, 0.5) is 4.79 Å². The second-order valence-electron chi connectivity index (χ2n) is 6.81. The summed E-state index contributed by atoms with van der Waals surface area (Å²) in [6.45, 7) is 0.521. The number of amides is 1. The third-order valence-corrected chi connectivity index (χ3v) is 5.29. The normalized spacial score (nSPS) is 11.8. The minimum absolute atomic E-state index is 0.0533. The molecule has 0 radical (unpaired) electrons. The SMILES string of the molecule is O=C(NCC#Cc1cccc(CCl)c1)OCC1c2ccccc2-c2ccccc21. The van der Waals surface area contributed by atoms with Crippen LogP contribution in [0, 0.1) is 11.8 Å². The van der Waals surface area contributed by atoms with Crippen LogP contribution in [0.15, 0.2) is 72.8 Å². The first-order valence-corrected chi connectivity index (χ1v) is 10.0. The predicted octanol–water partition coefficient (Wildman–Crippen LogP) is 5.32. The van der Waals surface area contributed by atoms with Crippen molar-refractivity contribution in [3.8, 4) is 23.0 Å². The van der Waals surface area contributed by atoms with Gasteiger partial charge in [0.2, 0.25) is 0 Å². The zero-order chi connectivity index (χ0) is 20.1. The van der Waals surface area contributed by atoms with Crippen molar-refractivity contribution in [1.29, 1.82) is 0 Å². The number of hydrogen-bond donors (Lipinski definition) is 1. The van der Waals surface area contributed by atoms with Gasteiger partial charge in [-0.25, -0.2) is 4.79 Å². The number of alkyl carbamates (subject to hydrolysis) is 1.